The molecule has 3 aromatic rings. The zero-order valence-electron chi connectivity index (χ0n) is 19.0. The molecule has 2 N–H and O–H groups in total. The molecule has 0 atom stereocenters. The normalized spacial score (nSPS) is 11.3. The maximum Gasteiger partial charge on any atom is 0.234 e. The third-order valence-electron chi connectivity index (χ3n) is 4.88. The van der Waals surface area contributed by atoms with Crippen LogP contribution >= 0.6 is 11.8 Å². The van der Waals surface area contributed by atoms with Crippen LogP contribution in [0.3, 0.4) is 0 Å². The highest BCUT2D eigenvalue weighted by Crippen LogP contribution is 2.30. The summed E-state index contributed by atoms with van der Waals surface area (Å²) in [6, 6.07) is 12.7. The molecule has 11 heteroatoms. The smallest absolute Gasteiger partial charge is 0.234 e. The van der Waals surface area contributed by atoms with Gasteiger partial charge in [-0.25, -0.2) is 8.42 Å². The van der Waals surface area contributed by atoms with E-state index in [-0.39, 0.29) is 17.4 Å². The monoisotopic (exact) mass is 489 g/mol. The van der Waals surface area contributed by atoms with Crippen molar-refractivity contribution >= 4 is 39.1 Å². The van der Waals surface area contributed by atoms with Crippen LogP contribution < -0.4 is 14.8 Å². The van der Waals surface area contributed by atoms with Gasteiger partial charge in [0.15, 0.2) is 11.0 Å². The van der Waals surface area contributed by atoms with Gasteiger partial charge < -0.3 is 14.6 Å². The number of aromatic nitrogens is 3. The Hall–Kier alpha value is -3.05. The molecule has 3 rings (SSSR count). The summed E-state index contributed by atoms with van der Waals surface area (Å²) >= 11 is 1.30. The number of thioether (sulfide) groups is 1. The minimum absolute atomic E-state index is 0.0558. The van der Waals surface area contributed by atoms with Crippen molar-refractivity contribution in [2.75, 3.05) is 28.7 Å². The molecule has 0 radical (unpaired) electrons. The Balaban J connectivity index is 1.68. The summed E-state index contributed by atoms with van der Waals surface area (Å²) in [6.45, 7) is 6.25. The Bertz CT molecular complexity index is 1240. The van der Waals surface area contributed by atoms with E-state index in [9.17, 15) is 13.2 Å². The Morgan fingerprint density at radius 2 is 1.91 bits per heavy atom. The maximum atomic E-state index is 12.5. The average molecular weight is 490 g/mol. The number of rotatable bonds is 10. The molecule has 0 aliphatic carbocycles. The highest BCUT2D eigenvalue weighted by molar-refractivity contribution is 7.99. The molecular formula is C22H27N5O4S2. The maximum absolute atomic E-state index is 12.5. The number of aryl methyl sites for hydroxylation is 1. The van der Waals surface area contributed by atoms with E-state index in [1.807, 2.05) is 42.7 Å². The van der Waals surface area contributed by atoms with Gasteiger partial charge in [0.05, 0.1) is 24.3 Å². The van der Waals surface area contributed by atoms with Crippen molar-refractivity contribution in [1.82, 2.24) is 14.8 Å². The lowest BCUT2D eigenvalue weighted by atomic mass is 10.1. The van der Waals surface area contributed by atoms with Gasteiger partial charge in [-0.05, 0) is 38.5 Å². The van der Waals surface area contributed by atoms with Crippen LogP contribution in [0.5, 0.6) is 5.75 Å². The summed E-state index contributed by atoms with van der Waals surface area (Å²) in [7, 11) is -2.01. The van der Waals surface area contributed by atoms with Gasteiger partial charge in [0.1, 0.15) is 5.75 Å². The summed E-state index contributed by atoms with van der Waals surface area (Å²) in [6.07, 6.45) is 0. The van der Waals surface area contributed by atoms with E-state index >= 15 is 0 Å². The Morgan fingerprint density at radius 1 is 1.15 bits per heavy atom. The molecule has 1 amide bonds. The number of hydrogen-bond donors (Lipinski definition) is 2. The molecule has 0 aliphatic heterocycles. The number of nitrogens with zero attached hydrogens (tertiary/aromatic N) is 3. The van der Waals surface area contributed by atoms with E-state index in [1.165, 1.54) is 18.9 Å². The standard InChI is InChI=1S/C22H27N5O4S2/c1-5-27-21(17-10-8-7-9-15(17)3)24-25-22(27)32-14-20(28)23-16-11-12-18(19(13-16)31-4)26-33(29,30)6-2/h7-13,26H,5-6,14H2,1-4H3,(H,23,28). The molecule has 0 aliphatic rings. The summed E-state index contributed by atoms with van der Waals surface area (Å²) in [5.41, 5.74) is 2.92. The van der Waals surface area contributed by atoms with E-state index < -0.39 is 10.0 Å². The van der Waals surface area contributed by atoms with Crippen LogP contribution in [0, 0.1) is 6.92 Å². The highest BCUT2D eigenvalue weighted by atomic mass is 32.2. The first-order valence-corrected chi connectivity index (χ1v) is 13.0. The molecular weight excluding hydrogens is 462 g/mol. The number of anilines is 2. The number of methoxy groups -OCH3 is 1. The van der Waals surface area contributed by atoms with Gasteiger partial charge in [0.25, 0.3) is 0 Å². The molecule has 0 saturated heterocycles. The molecule has 9 nitrogen and oxygen atoms in total. The van der Waals surface area contributed by atoms with Crippen molar-refractivity contribution < 1.29 is 17.9 Å². The fourth-order valence-electron chi connectivity index (χ4n) is 3.12. The zero-order chi connectivity index (χ0) is 24.0. The molecule has 1 aromatic heterocycles. The van der Waals surface area contributed by atoms with Crippen LogP contribution in [-0.4, -0.2) is 47.7 Å². The number of ether oxygens (including phenoxy) is 1. The van der Waals surface area contributed by atoms with Crippen molar-refractivity contribution in [2.24, 2.45) is 0 Å². The van der Waals surface area contributed by atoms with Gasteiger partial charge >= 0.3 is 0 Å². The minimum Gasteiger partial charge on any atom is -0.494 e. The van der Waals surface area contributed by atoms with Gasteiger partial charge in [-0.3, -0.25) is 9.52 Å². The quantitative estimate of drug-likeness (QED) is 0.417. The fraction of sp³-hybridized carbons (Fsp3) is 0.318. The molecule has 176 valence electrons. The third-order valence-corrected chi connectivity index (χ3v) is 7.14. The summed E-state index contributed by atoms with van der Waals surface area (Å²) in [4.78, 5) is 12.5. The lowest BCUT2D eigenvalue weighted by molar-refractivity contribution is -0.113. The first-order chi connectivity index (χ1) is 15.8. The highest BCUT2D eigenvalue weighted by Gasteiger charge is 2.17. The molecule has 0 unspecified atom stereocenters. The number of carbonyl (C=O) groups excluding carboxylic acids is 1. The van der Waals surface area contributed by atoms with Gasteiger partial charge in [-0.15, -0.1) is 10.2 Å². The molecule has 1 heterocycles. The molecule has 0 fully saturated rings. The van der Waals surface area contributed by atoms with E-state index in [2.05, 4.69) is 20.2 Å². The van der Waals surface area contributed by atoms with Gasteiger partial charge in [0, 0.05) is 23.9 Å². The number of sulfonamides is 1. The Kier molecular flexibility index (Phi) is 7.98. The van der Waals surface area contributed by atoms with Crippen LogP contribution in [-0.2, 0) is 21.4 Å². The zero-order valence-corrected chi connectivity index (χ0v) is 20.6. The van der Waals surface area contributed by atoms with E-state index in [0.717, 1.165) is 17.0 Å². The van der Waals surface area contributed by atoms with Crippen LogP contribution in [0.15, 0.2) is 47.6 Å². The van der Waals surface area contributed by atoms with Gasteiger partial charge in [-0.2, -0.15) is 0 Å². The average Bonchev–Trinajstić information content (AvgIpc) is 3.21. The minimum atomic E-state index is -3.44. The second-order valence-electron chi connectivity index (χ2n) is 7.12. The summed E-state index contributed by atoms with van der Waals surface area (Å²) < 4.78 is 33.4. The third kappa shape index (κ3) is 6.05. The number of amides is 1. The van der Waals surface area contributed by atoms with Crippen molar-refractivity contribution in [2.45, 2.75) is 32.5 Å². The number of hydrogen-bond acceptors (Lipinski definition) is 7. The summed E-state index contributed by atoms with van der Waals surface area (Å²) in [5.74, 6) is 0.935. The first kappa shape index (κ1) is 24.6. The largest absolute Gasteiger partial charge is 0.494 e. The number of benzene rings is 2. The van der Waals surface area contributed by atoms with Crippen molar-refractivity contribution in [3.05, 3.63) is 48.0 Å². The second-order valence-corrected chi connectivity index (χ2v) is 10.1. The number of nitrogens with one attached hydrogen (secondary N) is 2. The van der Waals surface area contributed by atoms with Crippen LogP contribution in [0.4, 0.5) is 11.4 Å². The first-order valence-electron chi connectivity index (χ1n) is 10.4. The van der Waals surface area contributed by atoms with Crippen molar-refractivity contribution in [3.63, 3.8) is 0 Å². The van der Waals surface area contributed by atoms with Crippen LogP contribution in [0.1, 0.15) is 19.4 Å². The predicted molar refractivity (Wildman–Crippen MR) is 131 cm³/mol. The van der Waals surface area contributed by atoms with Gasteiger partial charge in [-0.1, -0.05) is 36.0 Å². The molecule has 0 spiro atoms. The van der Waals surface area contributed by atoms with E-state index in [1.54, 1.807) is 25.1 Å². The Morgan fingerprint density at radius 3 is 2.58 bits per heavy atom. The Labute approximate surface area is 198 Å². The van der Waals surface area contributed by atoms with Crippen molar-refractivity contribution in [1.29, 1.82) is 0 Å². The topological polar surface area (TPSA) is 115 Å². The van der Waals surface area contributed by atoms with Gasteiger partial charge in [0.2, 0.25) is 15.9 Å². The fourth-order valence-corrected chi connectivity index (χ4v) is 4.57. The van der Waals surface area contributed by atoms with Crippen molar-refractivity contribution in [3.8, 4) is 17.1 Å². The molecule has 0 bridgehead atoms. The second kappa shape index (κ2) is 10.7. The lowest BCUT2D eigenvalue weighted by Crippen LogP contribution is -2.16. The van der Waals surface area contributed by atoms with Crippen LogP contribution in [0.25, 0.3) is 11.4 Å². The lowest BCUT2D eigenvalue weighted by Gasteiger charge is -2.13. The van der Waals surface area contributed by atoms with E-state index in [4.69, 9.17) is 4.74 Å². The molecule has 33 heavy (non-hydrogen) atoms. The predicted octanol–water partition coefficient (Wildman–Crippen LogP) is 3.77. The number of carbonyl (C=O) groups is 1. The SMILES string of the molecule is CCn1c(SCC(=O)Nc2ccc(NS(=O)(=O)CC)c(OC)c2)nnc1-c1ccccc1C. The molecule has 0 saturated carbocycles. The van der Waals surface area contributed by atoms with Crippen LogP contribution in [0.2, 0.25) is 0 Å². The summed E-state index contributed by atoms with van der Waals surface area (Å²) in [5, 5.41) is 12.1. The molecule has 2 aromatic carbocycles. The van der Waals surface area contributed by atoms with E-state index in [0.29, 0.717) is 28.8 Å².